The maximum Gasteiger partial charge on any atom is 0.137 e. The van der Waals surface area contributed by atoms with E-state index >= 15 is 0 Å². The van der Waals surface area contributed by atoms with Gasteiger partial charge in [-0.15, -0.1) is 0 Å². The van der Waals surface area contributed by atoms with Crippen molar-refractivity contribution in [1.29, 1.82) is 0 Å². The molecule has 0 bridgehead atoms. The fraction of sp³-hybridized carbons (Fsp3) is 0.267. The number of aryl methyl sites for hydroxylation is 1. The molecule has 2 rings (SSSR count). The molecule has 5 heteroatoms. The van der Waals surface area contributed by atoms with Gasteiger partial charge in [0.1, 0.15) is 17.4 Å². The summed E-state index contributed by atoms with van der Waals surface area (Å²) in [6.45, 7) is 1.61. The molecule has 0 aliphatic heterocycles. The molecule has 0 saturated heterocycles. The Morgan fingerprint density at radius 3 is 2.65 bits per heavy atom. The largest absolute Gasteiger partial charge is 0.495 e. The molecule has 106 valence electrons. The number of pyridine rings is 1. The first-order valence-electron chi connectivity index (χ1n) is 6.19. The lowest BCUT2D eigenvalue weighted by Crippen LogP contribution is -2.21. The molecule has 20 heavy (non-hydrogen) atoms. The first kappa shape index (κ1) is 14.4. The number of halogens is 2. The molecule has 0 amide bonds. The predicted molar refractivity (Wildman–Crippen MR) is 72.8 cm³/mol. The highest BCUT2D eigenvalue weighted by Crippen LogP contribution is 2.29. The normalized spacial score (nSPS) is 12.2. The predicted octanol–water partition coefficient (Wildman–Crippen LogP) is 2.99. The number of hydrogen-bond donors (Lipinski definition) is 1. The average molecular weight is 278 g/mol. The van der Waals surface area contributed by atoms with E-state index in [4.69, 9.17) is 4.74 Å². The zero-order valence-corrected chi connectivity index (χ0v) is 11.6. The van der Waals surface area contributed by atoms with E-state index in [0.717, 1.165) is 0 Å². The van der Waals surface area contributed by atoms with Crippen LogP contribution in [0.5, 0.6) is 5.75 Å². The highest BCUT2D eigenvalue weighted by atomic mass is 19.1. The molecule has 1 heterocycles. The second-order valence-electron chi connectivity index (χ2n) is 4.47. The van der Waals surface area contributed by atoms with E-state index in [1.54, 1.807) is 32.4 Å². The summed E-state index contributed by atoms with van der Waals surface area (Å²) >= 11 is 0. The lowest BCUT2D eigenvalue weighted by atomic mass is 9.97. The van der Waals surface area contributed by atoms with E-state index in [0.29, 0.717) is 16.9 Å². The van der Waals surface area contributed by atoms with Crippen LogP contribution in [0.1, 0.15) is 22.7 Å². The van der Waals surface area contributed by atoms with Crippen molar-refractivity contribution in [1.82, 2.24) is 10.3 Å². The molecule has 0 aliphatic carbocycles. The summed E-state index contributed by atoms with van der Waals surface area (Å²) < 4.78 is 33.3. The minimum absolute atomic E-state index is 0.0115. The number of nitrogens with zero attached hydrogens (tertiary/aromatic N) is 1. The van der Waals surface area contributed by atoms with Crippen LogP contribution in [0.15, 0.2) is 30.6 Å². The van der Waals surface area contributed by atoms with Crippen molar-refractivity contribution in [2.24, 2.45) is 0 Å². The number of benzene rings is 1. The number of rotatable bonds is 4. The number of methoxy groups -OCH3 is 1. The van der Waals surface area contributed by atoms with Gasteiger partial charge in [0.25, 0.3) is 0 Å². The topological polar surface area (TPSA) is 34.2 Å². The molecule has 1 N–H and O–H groups in total. The van der Waals surface area contributed by atoms with Gasteiger partial charge in [-0.25, -0.2) is 8.78 Å². The molecular weight excluding hydrogens is 262 g/mol. The molecular formula is C15H16F2N2O. The lowest BCUT2D eigenvalue weighted by molar-refractivity contribution is 0.411. The van der Waals surface area contributed by atoms with Crippen LogP contribution in [0, 0.1) is 18.6 Å². The van der Waals surface area contributed by atoms with Gasteiger partial charge in [-0.1, -0.05) is 6.07 Å². The molecule has 3 nitrogen and oxygen atoms in total. The number of aromatic nitrogens is 1. The van der Waals surface area contributed by atoms with Crippen LogP contribution >= 0.6 is 0 Å². The van der Waals surface area contributed by atoms with Crippen molar-refractivity contribution in [2.45, 2.75) is 13.0 Å². The van der Waals surface area contributed by atoms with Crippen molar-refractivity contribution in [3.05, 3.63) is 58.9 Å². The third-order valence-corrected chi connectivity index (χ3v) is 3.20. The van der Waals surface area contributed by atoms with Gasteiger partial charge in [-0.2, -0.15) is 0 Å². The first-order valence-corrected chi connectivity index (χ1v) is 6.19. The third kappa shape index (κ3) is 2.63. The monoisotopic (exact) mass is 278 g/mol. The second kappa shape index (κ2) is 5.96. The summed E-state index contributed by atoms with van der Waals surface area (Å²) in [5.41, 5.74) is 1.02. The minimum atomic E-state index is -0.627. The van der Waals surface area contributed by atoms with Gasteiger partial charge in [0, 0.05) is 11.8 Å². The summed E-state index contributed by atoms with van der Waals surface area (Å²) in [6.07, 6.45) is 3.10. The molecule has 1 aromatic heterocycles. The van der Waals surface area contributed by atoms with Gasteiger partial charge in [0.05, 0.1) is 19.3 Å². The van der Waals surface area contributed by atoms with Gasteiger partial charge >= 0.3 is 0 Å². The van der Waals surface area contributed by atoms with Crippen LogP contribution in [-0.4, -0.2) is 19.1 Å². The fourth-order valence-corrected chi connectivity index (χ4v) is 2.13. The Kier molecular flexibility index (Phi) is 4.29. The number of hydrogen-bond acceptors (Lipinski definition) is 3. The van der Waals surface area contributed by atoms with Crippen molar-refractivity contribution in [3.8, 4) is 5.75 Å². The van der Waals surface area contributed by atoms with Gasteiger partial charge in [-0.3, -0.25) is 4.98 Å². The molecule has 2 aromatic rings. The summed E-state index contributed by atoms with van der Waals surface area (Å²) in [5.74, 6) is -0.598. The summed E-state index contributed by atoms with van der Waals surface area (Å²) in [4.78, 5) is 4.02. The summed E-state index contributed by atoms with van der Waals surface area (Å²) in [7, 11) is 3.16. The van der Waals surface area contributed by atoms with E-state index in [1.165, 1.54) is 19.2 Å². The Morgan fingerprint density at radius 2 is 2.00 bits per heavy atom. The van der Waals surface area contributed by atoms with E-state index in [1.807, 2.05) is 0 Å². The van der Waals surface area contributed by atoms with Crippen molar-refractivity contribution in [3.63, 3.8) is 0 Å². The molecule has 0 fully saturated rings. The highest BCUT2D eigenvalue weighted by Gasteiger charge is 2.22. The fourth-order valence-electron chi connectivity index (χ4n) is 2.13. The molecule has 1 aromatic carbocycles. The summed E-state index contributed by atoms with van der Waals surface area (Å²) in [6, 6.07) is 3.77. The maximum atomic E-state index is 14.2. The molecule has 0 saturated carbocycles. The number of ether oxygens (including phenoxy) is 1. The van der Waals surface area contributed by atoms with Crippen LogP contribution < -0.4 is 10.1 Å². The average Bonchev–Trinajstić information content (AvgIpc) is 2.47. The maximum absolute atomic E-state index is 14.2. The van der Waals surface area contributed by atoms with Gasteiger partial charge in [-0.05, 0) is 37.2 Å². The Bertz CT molecular complexity index is 617. The smallest absolute Gasteiger partial charge is 0.137 e. The van der Waals surface area contributed by atoms with Gasteiger partial charge in [0.2, 0.25) is 0 Å². The van der Waals surface area contributed by atoms with E-state index in [-0.39, 0.29) is 5.56 Å². The zero-order valence-electron chi connectivity index (χ0n) is 11.6. The molecule has 1 atom stereocenters. The van der Waals surface area contributed by atoms with Crippen LogP contribution in [0.3, 0.4) is 0 Å². The van der Waals surface area contributed by atoms with Crippen LogP contribution in [0.4, 0.5) is 8.78 Å². The first-order chi connectivity index (χ1) is 9.58. The van der Waals surface area contributed by atoms with Crippen molar-refractivity contribution < 1.29 is 13.5 Å². The number of nitrogens with one attached hydrogen (secondary N) is 1. The summed E-state index contributed by atoms with van der Waals surface area (Å²) in [5, 5.41) is 2.92. The van der Waals surface area contributed by atoms with E-state index in [9.17, 15) is 8.78 Å². The van der Waals surface area contributed by atoms with E-state index in [2.05, 4.69) is 10.3 Å². The van der Waals surface area contributed by atoms with Crippen LogP contribution in [0.2, 0.25) is 0 Å². The second-order valence-corrected chi connectivity index (χ2v) is 4.47. The molecule has 1 unspecified atom stereocenters. The minimum Gasteiger partial charge on any atom is -0.495 e. The van der Waals surface area contributed by atoms with Crippen molar-refractivity contribution >= 4 is 0 Å². The quantitative estimate of drug-likeness (QED) is 0.933. The van der Waals surface area contributed by atoms with Crippen LogP contribution in [-0.2, 0) is 0 Å². The zero-order chi connectivity index (χ0) is 14.7. The third-order valence-electron chi connectivity index (χ3n) is 3.20. The Labute approximate surface area is 116 Å². The van der Waals surface area contributed by atoms with Crippen LogP contribution in [0.25, 0.3) is 0 Å². The van der Waals surface area contributed by atoms with Gasteiger partial charge < -0.3 is 10.1 Å². The SMILES string of the molecule is CNC(c1cncc(OC)c1)c1c(F)ccc(C)c1F. The standard InChI is InChI=1S/C15H16F2N2O/c1-9-4-5-12(16)13(14(9)17)15(18-2)10-6-11(20-3)8-19-7-10/h4-8,15,18H,1-3H3. The Balaban J connectivity index is 2.55. The molecule has 0 radical (unpaired) electrons. The molecule has 0 spiro atoms. The Morgan fingerprint density at radius 1 is 1.25 bits per heavy atom. The lowest BCUT2D eigenvalue weighted by Gasteiger charge is -2.19. The van der Waals surface area contributed by atoms with E-state index < -0.39 is 17.7 Å². The van der Waals surface area contributed by atoms with Crippen molar-refractivity contribution in [2.75, 3.05) is 14.2 Å². The highest BCUT2D eigenvalue weighted by molar-refractivity contribution is 5.37. The van der Waals surface area contributed by atoms with Gasteiger partial charge in [0.15, 0.2) is 0 Å². The molecule has 0 aliphatic rings. The Hall–Kier alpha value is -2.01.